The summed E-state index contributed by atoms with van der Waals surface area (Å²) in [5, 5.41) is 0. The molecule has 3 aromatic rings. The number of hydrogen-bond donors (Lipinski definition) is 1. The van der Waals surface area contributed by atoms with Gasteiger partial charge in [0, 0.05) is 10.0 Å². The van der Waals surface area contributed by atoms with Crippen LogP contribution in [0, 0.1) is 13.8 Å². The molecule has 2 nitrogen and oxygen atoms in total. The minimum Gasteiger partial charge on any atom is -0.338 e. The molecule has 0 amide bonds. The monoisotopic (exact) mass is 300 g/mol. The molecule has 0 fully saturated rings. The summed E-state index contributed by atoms with van der Waals surface area (Å²) in [6.07, 6.45) is 0. The third-order valence-electron chi connectivity index (χ3n) is 3.08. The van der Waals surface area contributed by atoms with Gasteiger partial charge in [-0.2, -0.15) is 0 Å². The highest BCUT2D eigenvalue weighted by Crippen LogP contribution is 2.26. The summed E-state index contributed by atoms with van der Waals surface area (Å²) in [7, 11) is 0. The minimum atomic E-state index is 0.931. The van der Waals surface area contributed by atoms with Crippen molar-refractivity contribution in [2.45, 2.75) is 13.8 Å². The molecule has 0 saturated carbocycles. The summed E-state index contributed by atoms with van der Waals surface area (Å²) in [4.78, 5) is 8.03. The molecule has 0 aliphatic rings. The van der Waals surface area contributed by atoms with Crippen LogP contribution < -0.4 is 0 Å². The van der Waals surface area contributed by atoms with E-state index in [-0.39, 0.29) is 0 Å². The quantitative estimate of drug-likeness (QED) is 0.698. The topological polar surface area (TPSA) is 28.7 Å². The lowest BCUT2D eigenvalue weighted by molar-refractivity contribution is 1.30. The molecular weight excluding hydrogens is 288 g/mol. The lowest BCUT2D eigenvalue weighted by Gasteiger charge is -2.02. The van der Waals surface area contributed by atoms with Crippen molar-refractivity contribution in [2.75, 3.05) is 0 Å². The van der Waals surface area contributed by atoms with Crippen LogP contribution in [-0.2, 0) is 0 Å². The van der Waals surface area contributed by atoms with Crippen LogP contribution in [0.4, 0.5) is 0 Å². The molecular formula is C15H13BrN2. The van der Waals surface area contributed by atoms with Crippen molar-refractivity contribution in [3.05, 3.63) is 52.0 Å². The molecule has 0 aliphatic carbocycles. The predicted octanol–water partition coefficient (Wildman–Crippen LogP) is 4.61. The van der Waals surface area contributed by atoms with E-state index in [2.05, 4.69) is 70.1 Å². The lowest BCUT2D eigenvalue weighted by Crippen LogP contribution is -1.85. The van der Waals surface area contributed by atoms with Crippen LogP contribution >= 0.6 is 15.9 Å². The van der Waals surface area contributed by atoms with Crippen molar-refractivity contribution in [3.63, 3.8) is 0 Å². The Balaban J connectivity index is 2.19. The molecule has 90 valence electrons. The number of aromatic amines is 1. The Bertz CT molecular complexity index is 728. The van der Waals surface area contributed by atoms with E-state index in [9.17, 15) is 0 Å². The number of aryl methyl sites for hydroxylation is 2. The van der Waals surface area contributed by atoms with Gasteiger partial charge in [0.25, 0.3) is 0 Å². The second-order valence-corrected chi connectivity index (χ2v) is 5.48. The Morgan fingerprint density at radius 2 is 1.89 bits per heavy atom. The summed E-state index contributed by atoms with van der Waals surface area (Å²) in [6, 6.07) is 12.5. The second-order valence-electron chi connectivity index (χ2n) is 4.57. The Hall–Kier alpha value is -1.61. The molecule has 0 aliphatic heterocycles. The number of imidazole rings is 1. The summed E-state index contributed by atoms with van der Waals surface area (Å²) < 4.78 is 1.09. The maximum Gasteiger partial charge on any atom is 0.138 e. The van der Waals surface area contributed by atoms with Crippen LogP contribution in [0.25, 0.3) is 22.4 Å². The van der Waals surface area contributed by atoms with E-state index in [0.29, 0.717) is 0 Å². The molecule has 1 heterocycles. The van der Waals surface area contributed by atoms with Gasteiger partial charge in [0.15, 0.2) is 0 Å². The lowest BCUT2D eigenvalue weighted by atomic mass is 10.1. The molecule has 0 bridgehead atoms. The number of benzene rings is 2. The number of rotatable bonds is 1. The third kappa shape index (κ3) is 1.95. The average molecular weight is 301 g/mol. The standard InChI is InChI=1S/C15H13BrN2/c1-9-3-6-13-14(7-9)18-15(17-13)12-5-4-11(16)8-10(12)2/h3-8H,1-2H3,(H,17,18). The first-order valence-corrected chi connectivity index (χ1v) is 6.66. The molecule has 1 aromatic heterocycles. The zero-order valence-corrected chi connectivity index (χ0v) is 11.9. The van der Waals surface area contributed by atoms with E-state index in [1.54, 1.807) is 0 Å². The van der Waals surface area contributed by atoms with Crippen molar-refractivity contribution >= 4 is 27.0 Å². The maximum absolute atomic E-state index is 4.64. The molecule has 0 spiro atoms. The van der Waals surface area contributed by atoms with Gasteiger partial charge in [0.2, 0.25) is 0 Å². The van der Waals surface area contributed by atoms with Gasteiger partial charge in [-0.05, 0) is 55.3 Å². The van der Waals surface area contributed by atoms with Crippen LogP contribution in [-0.4, -0.2) is 9.97 Å². The van der Waals surface area contributed by atoms with Crippen molar-refractivity contribution < 1.29 is 0 Å². The molecule has 0 unspecified atom stereocenters. The molecule has 0 radical (unpaired) electrons. The summed E-state index contributed by atoms with van der Waals surface area (Å²) in [5.74, 6) is 0.931. The van der Waals surface area contributed by atoms with E-state index in [1.807, 2.05) is 6.07 Å². The highest BCUT2D eigenvalue weighted by atomic mass is 79.9. The van der Waals surface area contributed by atoms with Crippen molar-refractivity contribution in [3.8, 4) is 11.4 Å². The van der Waals surface area contributed by atoms with Crippen LogP contribution in [0.5, 0.6) is 0 Å². The van der Waals surface area contributed by atoms with Gasteiger partial charge in [0.05, 0.1) is 11.0 Å². The van der Waals surface area contributed by atoms with E-state index in [4.69, 9.17) is 0 Å². The van der Waals surface area contributed by atoms with Crippen molar-refractivity contribution in [2.24, 2.45) is 0 Å². The Kier molecular flexibility index (Phi) is 2.71. The normalized spacial score (nSPS) is 11.1. The fraction of sp³-hybridized carbons (Fsp3) is 0.133. The van der Waals surface area contributed by atoms with Gasteiger partial charge in [-0.25, -0.2) is 4.98 Å². The minimum absolute atomic E-state index is 0.931. The summed E-state index contributed by atoms with van der Waals surface area (Å²) in [6.45, 7) is 4.18. The average Bonchev–Trinajstić information content (AvgIpc) is 2.71. The van der Waals surface area contributed by atoms with E-state index in [1.165, 1.54) is 11.1 Å². The SMILES string of the molecule is Cc1ccc2nc(-c3ccc(Br)cc3C)[nH]c2c1. The van der Waals surface area contributed by atoms with E-state index < -0.39 is 0 Å². The number of fused-ring (bicyclic) bond motifs is 1. The van der Waals surface area contributed by atoms with E-state index in [0.717, 1.165) is 26.9 Å². The smallest absolute Gasteiger partial charge is 0.138 e. The molecule has 3 heteroatoms. The second kappa shape index (κ2) is 4.25. The largest absolute Gasteiger partial charge is 0.338 e. The van der Waals surface area contributed by atoms with Gasteiger partial charge in [0.1, 0.15) is 5.82 Å². The van der Waals surface area contributed by atoms with Gasteiger partial charge >= 0.3 is 0 Å². The van der Waals surface area contributed by atoms with Gasteiger partial charge in [-0.1, -0.05) is 22.0 Å². The number of nitrogens with one attached hydrogen (secondary N) is 1. The Morgan fingerprint density at radius 3 is 2.67 bits per heavy atom. The highest BCUT2D eigenvalue weighted by Gasteiger charge is 2.08. The number of aromatic nitrogens is 2. The number of H-pyrrole nitrogens is 1. The molecule has 2 aromatic carbocycles. The first-order valence-electron chi connectivity index (χ1n) is 5.86. The zero-order valence-electron chi connectivity index (χ0n) is 10.3. The van der Waals surface area contributed by atoms with Crippen LogP contribution in [0.1, 0.15) is 11.1 Å². The maximum atomic E-state index is 4.64. The highest BCUT2D eigenvalue weighted by molar-refractivity contribution is 9.10. The molecule has 18 heavy (non-hydrogen) atoms. The first kappa shape index (κ1) is 11.5. The van der Waals surface area contributed by atoms with Gasteiger partial charge < -0.3 is 4.98 Å². The van der Waals surface area contributed by atoms with Crippen molar-refractivity contribution in [1.82, 2.24) is 9.97 Å². The van der Waals surface area contributed by atoms with Crippen LogP contribution in [0.2, 0.25) is 0 Å². The summed E-state index contributed by atoms with van der Waals surface area (Å²) >= 11 is 3.48. The number of hydrogen-bond acceptors (Lipinski definition) is 1. The number of halogens is 1. The fourth-order valence-electron chi connectivity index (χ4n) is 2.14. The molecule has 3 rings (SSSR count). The molecule has 0 atom stereocenters. The number of nitrogens with zero attached hydrogens (tertiary/aromatic N) is 1. The fourth-order valence-corrected chi connectivity index (χ4v) is 2.62. The van der Waals surface area contributed by atoms with Crippen LogP contribution in [0.15, 0.2) is 40.9 Å². The zero-order chi connectivity index (χ0) is 12.7. The molecule has 0 saturated heterocycles. The van der Waals surface area contributed by atoms with Gasteiger partial charge in [-0.3, -0.25) is 0 Å². The van der Waals surface area contributed by atoms with Crippen LogP contribution in [0.3, 0.4) is 0 Å². The third-order valence-corrected chi connectivity index (χ3v) is 3.57. The summed E-state index contributed by atoms with van der Waals surface area (Å²) in [5.41, 5.74) is 5.70. The van der Waals surface area contributed by atoms with E-state index >= 15 is 0 Å². The van der Waals surface area contributed by atoms with Crippen molar-refractivity contribution in [1.29, 1.82) is 0 Å². The Morgan fingerprint density at radius 1 is 1.06 bits per heavy atom. The Labute approximate surface area is 114 Å². The van der Waals surface area contributed by atoms with Gasteiger partial charge in [-0.15, -0.1) is 0 Å². The molecule has 1 N–H and O–H groups in total. The first-order chi connectivity index (χ1) is 8.63. The predicted molar refractivity (Wildman–Crippen MR) is 78.7 cm³/mol.